The van der Waals surface area contributed by atoms with E-state index < -0.39 is 0 Å². The lowest BCUT2D eigenvalue weighted by Gasteiger charge is -1.84. The molecule has 5 heteroatoms. The van der Waals surface area contributed by atoms with E-state index in [0.29, 0.717) is 5.69 Å². The maximum atomic E-state index is 6.97. The fourth-order valence-corrected chi connectivity index (χ4v) is 1.56. The van der Waals surface area contributed by atoms with Crippen molar-refractivity contribution < 1.29 is 0 Å². The van der Waals surface area contributed by atoms with E-state index in [1.54, 1.807) is 5.38 Å². The molecule has 0 spiro atoms. The van der Waals surface area contributed by atoms with Gasteiger partial charge in [0.25, 0.3) is 0 Å². The van der Waals surface area contributed by atoms with Gasteiger partial charge in [-0.2, -0.15) is 0 Å². The van der Waals surface area contributed by atoms with E-state index in [9.17, 15) is 0 Å². The minimum absolute atomic E-state index is 0.0363. The second kappa shape index (κ2) is 2.61. The van der Waals surface area contributed by atoms with Crippen LogP contribution in [0.25, 0.3) is 0 Å². The summed E-state index contributed by atoms with van der Waals surface area (Å²) in [5.41, 5.74) is 5.72. The third kappa shape index (κ3) is 1.62. The van der Waals surface area contributed by atoms with Crippen LogP contribution in [0.3, 0.4) is 0 Å². The highest BCUT2D eigenvalue weighted by molar-refractivity contribution is 14.1. The molecule has 0 unspecified atom stereocenters. The summed E-state index contributed by atoms with van der Waals surface area (Å²) in [5, 5.41) is 8.74. The van der Waals surface area contributed by atoms with Crippen molar-refractivity contribution in [1.82, 2.24) is 4.98 Å². The number of amidine groups is 1. The predicted octanol–water partition coefficient (Wildman–Crippen LogP) is 1.03. The smallest absolute Gasteiger partial charge is 0.154 e. The molecule has 1 aromatic rings. The Kier molecular flexibility index (Phi) is 2.01. The molecular formula is C4H4IN3S. The Morgan fingerprint density at radius 1 is 1.89 bits per heavy atom. The van der Waals surface area contributed by atoms with Crippen molar-refractivity contribution in [3.8, 4) is 0 Å². The molecule has 0 amide bonds. The van der Waals surface area contributed by atoms with Gasteiger partial charge in [-0.15, -0.1) is 11.3 Å². The Morgan fingerprint density at radius 3 is 2.78 bits per heavy atom. The van der Waals surface area contributed by atoms with Crippen LogP contribution >= 0.6 is 33.9 Å². The molecule has 0 radical (unpaired) electrons. The normalized spacial score (nSPS) is 9.44. The summed E-state index contributed by atoms with van der Waals surface area (Å²) in [4.78, 5) is 3.97. The van der Waals surface area contributed by atoms with Gasteiger partial charge in [0, 0.05) is 5.38 Å². The minimum atomic E-state index is 0.0363. The molecule has 0 atom stereocenters. The molecule has 0 aliphatic rings. The lowest BCUT2D eigenvalue weighted by Crippen LogP contribution is -2.11. The largest absolute Gasteiger partial charge is 0.382 e. The van der Waals surface area contributed by atoms with Gasteiger partial charge in [-0.05, 0) is 22.6 Å². The van der Waals surface area contributed by atoms with E-state index in [2.05, 4.69) is 27.6 Å². The molecule has 0 aliphatic carbocycles. The van der Waals surface area contributed by atoms with Gasteiger partial charge in [0.2, 0.25) is 0 Å². The van der Waals surface area contributed by atoms with Crippen LogP contribution in [-0.4, -0.2) is 10.8 Å². The van der Waals surface area contributed by atoms with Gasteiger partial charge in [0.1, 0.15) is 11.5 Å². The topological polar surface area (TPSA) is 62.8 Å². The summed E-state index contributed by atoms with van der Waals surface area (Å²) in [6.07, 6.45) is 0. The Morgan fingerprint density at radius 2 is 2.56 bits per heavy atom. The molecule has 3 nitrogen and oxygen atoms in total. The fourth-order valence-electron chi connectivity index (χ4n) is 0.376. The summed E-state index contributed by atoms with van der Waals surface area (Å²) in [7, 11) is 0. The highest BCUT2D eigenvalue weighted by atomic mass is 127. The van der Waals surface area contributed by atoms with Crippen LogP contribution in [-0.2, 0) is 0 Å². The van der Waals surface area contributed by atoms with Crippen LogP contribution in [0.1, 0.15) is 5.69 Å². The SMILES string of the molecule is N=C(N)c1csc(I)n1. The van der Waals surface area contributed by atoms with E-state index in [-0.39, 0.29) is 5.84 Å². The molecule has 48 valence electrons. The number of hydrogen-bond donors (Lipinski definition) is 2. The molecule has 0 saturated carbocycles. The van der Waals surface area contributed by atoms with Crippen LogP contribution in [0.4, 0.5) is 0 Å². The summed E-state index contributed by atoms with van der Waals surface area (Å²) >= 11 is 3.58. The average Bonchev–Trinajstić information content (AvgIpc) is 2.14. The monoisotopic (exact) mass is 253 g/mol. The zero-order chi connectivity index (χ0) is 6.85. The van der Waals surface area contributed by atoms with Crippen molar-refractivity contribution in [3.63, 3.8) is 0 Å². The zero-order valence-corrected chi connectivity index (χ0v) is 7.36. The molecule has 0 aliphatic heterocycles. The third-order valence-corrected chi connectivity index (χ3v) is 2.38. The molecule has 0 bridgehead atoms. The van der Waals surface area contributed by atoms with E-state index in [0.717, 1.165) is 3.01 Å². The number of nitrogens with two attached hydrogens (primary N) is 1. The van der Waals surface area contributed by atoms with E-state index in [1.807, 2.05) is 0 Å². The highest BCUT2D eigenvalue weighted by Gasteiger charge is 1.99. The highest BCUT2D eigenvalue weighted by Crippen LogP contribution is 2.10. The van der Waals surface area contributed by atoms with Gasteiger partial charge in [0.05, 0.1) is 0 Å². The first-order chi connectivity index (χ1) is 4.20. The van der Waals surface area contributed by atoms with Gasteiger partial charge in [-0.25, -0.2) is 4.98 Å². The minimum Gasteiger partial charge on any atom is -0.382 e. The number of hydrogen-bond acceptors (Lipinski definition) is 3. The molecule has 0 fully saturated rings. The predicted molar refractivity (Wildman–Crippen MR) is 45.8 cm³/mol. The first kappa shape index (κ1) is 6.94. The first-order valence-corrected chi connectivity index (χ1v) is 4.11. The Bertz CT molecular complexity index is 231. The van der Waals surface area contributed by atoms with Crippen molar-refractivity contribution in [2.24, 2.45) is 5.73 Å². The number of nitrogens with zero attached hydrogens (tertiary/aromatic N) is 1. The summed E-state index contributed by atoms with van der Waals surface area (Å²) in [5.74, 6) is 0.0363. The quantitative estimate of drug-likeness (QED) is 0.446. The van der Waals surface area contributed by atoms with Gasteiger partial charge in [0.15, 0.2) is 3.01 Å². The summed E-state index contributed by atoms with van der Waals surface area (Å²) in [6.45, 7) is 0. The molecule has 1 rings (SSSR count). The zero-order valence-electron chi connectivity index (χ0n) is 4.39. The molecule has 1 aromatic heterocycles. The Balaban J connectivity index is 2.98. The Hall–Kier alpha value is -0.170. The molecule has 3 N–H and O–H groups in total. The Labute approximate surface area is 69.9 Å². The van der Waals surface area contributed by atoms with E-state index in [1.165, 1.54) is 11.3 Å². The van der Waals surface area contributed by atoms with Crippen LogP contribution in [0.2, 0.25) is 0 Å². The maximum absolute atomic E-state index is 6.97. The number of nitrogen functional groups attached to an aromatic ring is 1. The standard InChI is InChI=1S/C4H4IN3S/c5-4-8-2(1-9-4)3(6)7/h1H,(H3,6,7). The first-order valence-electron chi connectivity index (χ1n) is 2.15. The van der Waals surface area contributed by atoms with Gasteiger partial charge < -0.3 is 5.73 Å². The second-order valence-corrected chi connectivity index (χ2v) is 4.01. The summed E-state index contributed by atoms with van der Waals surface area (Å²) < 4.78 is 0.915. The second-order valence-electron chi connectivity index (χ2n) is 1.40. The number of nitrogens with one attached hydrogen (secondary N) is 1. The van der Waals surface area contributed by atoms with Crippen LogP contribution in [0.5, 0.6) is 0 Å². The summed E-state index contributed by atoms with van der Waals surface area (Å²) in [6, 6.07) is 0. The lowest BCUT2D eigenvalue weighted by atomic mass is 10.5. The van der Waals surface area contributed by atoms with Gasteiger partial charge in [-0.1, -0.05) is 0 Å². The maximum Gasteiger partial charge on any atom is 0.154 e. The van der Waals surface area contributed by atoms with Crippen molar-refractivity contribution in [2.45, 2.75) is 0 Å². The van der Waals surface area contributed by atoms with Gasteiger partial charge >= 0.3 is 0 Å². The third-order valence-electron chi connectivity index (χ3n) is 0.752. The van der Waals surface area contributed by atoms with Crippen molar-refractivity contribution >= 4 is 39.8 Å². The number of thiazole rings is 1. The molecule has 1 heterocycles. The van der Waals surface area contributed by atoms with Gasteiger partial charge in [-0.3, -0.25) is 5.41 Å². The number of halogens is 1. The fraction of sp³-hybridized carbons (Fsp3) is 0. The van der Waals surface area contributed by atoms with Crippen LogP contribution < -0.4 is 5.73 Å². The average molecular weight is 253 g/mol. The lowest BCUT2D eigenvalue weighted by molar-refractivity contribution is 1.29. The van der Waals surface area contributed by atoms with Crippen molar-refractivity contribution in [1.29, 1.82) is 5.41 Å². The molecular weight excluding hydrogens is 249 g/mol. The molecule has 9 heavy (non-hydrogen) atoms. The van der Waals surface area contributed by atoms with E-state index >= 15 is 0 Å². The molecule has 0 aromatic carbocycles. The van der Waals surface area contributed by atoms with Crippen molar-refractivity contribution in [3.05, 3.63) is 14.1 Å². The van der Waals surface area contributed by atoms with Crippen molar-refractivity contribution in [2.75, 3.05) is 0 Å². The van der Waals surface area contributed by atoms with E-state index in [4.69, 9.17) is 11.1 Å². The van der Waals surface area contributed by atoms with Crippen LogP contribution in [0, 0.1) is 8.42 Å². The number of aromatic nitrogens is 1. The van der Waals surface area contributed by atoms with Crippen LogP contribution in [0.15, 0.2) is 5.38 Å². The molecule has 0 saturated heterocycles. The number of rotatable bonds is 1.